The smallest absolute Gasteiger partial charge is 0.317 e. The van der Waals surface area contributed by atoms with E-state index in [1.807, 2.05) is 38.7 Å². The molecule has 0 aromatic heterocycles. The van der Waals surface area contributed by atoms with Crippen LogP contribution in [0.4, 0.5) is 5.69 Å². The molecule has 0 aliphatic rings. The summed E-state index contributed by atoms with van der Waals surface area (Å²) in [6.45, 7) is 7.66. The van der Waals surface area contributed by atoms with Crippen LogP contribution >= 0.6 is 0 Å². The molecule has 0 saturated heterocycles. The minimum Gasteiger partial charge on any atom is -0.480 e. The summed E-state index contributed by atoms with van der Waals surface area (Å²) in [6.07, 6.45) is 0.672. The topological polar surface area (TPSA) is 83.7 Å². The van der Waals surface area contributed by atoms with Crippen molar-refractivity contribution in [3.8, 4) is 0 Å². The van der Waals surface area contributed by atoms with E-state index < -0.39 is 10.9 Å². The maximum atomic E-state index is 11.1. The highest BCUT2D eigenvalue weighted by atomic mass is 16.6. The minimum absolute atomic E-state index is 0.0233. The molecule has 21 heavy (non-hydrogen) atoms. The third-order valence-electron chi connectivity index (χ3n) is 3.40. The van der Waals surface area contributed by atoms with E-state index in [4.69, 9.17) is 5.11 Å². The Bertz CT molecular complexity index is 523. The van der Waals surface area contributed by atoms with Gasteiger partial charge in [-0.05, 0) is 32.8 Å². The van der Waals surface area contributed by atoms with Gasteiger partial charge in [0.1, 0.15) is 0 Å². The fourth-order valence-corrected chi connectivity index (χ4v) is 2.44. The van der Waals surface area contributed by atoms with E-state index in [1.54, 1.807) is 6.07 Å². The van der Waals surface area contributed by atoms with Crippen LogP contribution in [0.1, 0.15) is 45.7 Å². The maximum Gasteiger partial charge on any atom is 0.317 e. The van der Waals surface area contributed by atoms with Gasteiger partial charge in [0.25, 0.3) is 5.69 Å². The number of nitro benzene ring substituents is 1. The van der Waals surface area contributed by atoms with Gasteiger partial charge >= 0.3 is 5.97 Å². The SMILES string of the molecule is CCC(c1cccc([N+](=O)[O-])c1)N(CC(=O)O)C(C)(C)C. The highest BCUT2D eigenvalue weighted by Gasteiger charge is 2.31. The summed E-state index contributed by atoms with van der Waals surface area (Å²) < 4.78 is 0. The van der Waals surface area contributed by atoms with E-state index in [0.29, 0.717) is 6.42 Å². The Morgan fingerprint density at radius 1 is 1.43 bits per heavy atom. The van der Waals surface area contributed by atoms with E-state index >= 15 is 0 Å². The van der Waals surface area contributed by atoms with Crippen LogP contribution in [0.25, 0.3) is 0 Å². The van der Waals surface area contributed by atoms with Gasteiger partial charge in [0.15, 0.2) is 0 Å². The highest BCUT2D eigenvalue weighted by Crippen LogP contribution is 2.32. The second-order valence-electron chi connectivity index (χ2n) is 5.97. The Hall–Kier alpha value is -1.95. The summed E-state index contributed by atoms with van der Waals surface area (Å²) >= 11 is 0. The number of carboxylic acid groups (broad SMARTS) is 1. The number of hydrogen-bond donors (Lipinski definition) is 1. The Balaban J connectivity index is 3.22. The van der Waals surface area contributed by atoms with Gasteiger partial charge in [-0.15, -0.1) is 0 Å². The molecule has 1 aromatic carbocycles. The van der Waals surface area contributed by atoms with Crippen molar-refractivity contribution in [1.82, 2.24) is 4.90 Å². The van der Waals surface area contributed by atoms with Crippen LogP contribution in [0, 0.1) is 10.1 Å². The second-order valence-corrected chi connectivity index (χ2v) is 5.97. The molecule has 6 heteroatoms. The summed E-state index contributed by atoms with van der Waals surface area (Å²) in [7, 11) is 0. The molecular weight excluding hydrogens is 272 g/mol. The first kappa shape index (κ1) is 17.1. The molecule has 1 atom stereocenters. The van der Waals surface area contributed by atoms with Crippen LogP contribution in [0.3, 0.4) is 0 Å². The molecule has 0 aliphatic carbocycles. The molecule has 0 saturated carbocycles. The molecule has 0 fully saturated rings. The molecule has 0 radical (unpaired) electrons. The number of aliphatic carboxylic acids is 1. The van der Waals surface area contributed by atoms with Crippen molar-refractivity contribution in [2.75, 3.05) is 6.54 Å². The van der Waals surface area contributed by atoms with Crippen LogP contribution in [0.5, 0.6) is 0 Å². The maximum absolute atomic E-state index is 11.1. The number of nitrogens with zero attached hydrogens (tertiary/aromatic N) is 2. The lowest BCUT2D eigenvalue weighted by Gasteiger charge is -2.40. The third-order valence-corrected chi connectivity index (χ3v) is 3.40. The predicted molar refractivity (Wildman–Crippen MR) is 80.2 cm³/mol. The molecule has 0 amide bonds. The van der Waals surface area contributed by atoms with Gasteiger partial charge in [0, 0.05) is 23.7 Å². The van der Waals surface area contributed by atoms with Gasteiger partial charge in [-0.25, -0.2) is 0 Å². The fraction of sp³-hybridized carbons (Fsp3) is 0.533. The van der Waals surface area contributed by atoms with Gasteiger partial charge in [-0.3, -0.25) is 19.8 Å². The van der Waals surface area contributed by atoms with Crippen LogP contribution in [-0.4, -0.2) is 33.0 Å². The summed E-state index contributed by atoms with van der Waals surface area (Å²) in [5.74, 6) is -0.909. The van der Waals surface area contributed by atoms with Crippen LogP contribution < -0.4 is 0 Å². The van der Waals surface area contributed by atoms with Crippen LogP contribution in [0.15, 0.2) is 24.3 Å². The largest absolute Gasteiger partial charge is 0.480 e. The molecule has 0 spiro atoms. The van der Waals surface area contributed by atoms with E-state index in [0.717, 1.165) is 5.56 Å². The first-order valence-corrected chi connectivity index (χ1v) is 6.89. The van der Waals surface area contributed by atoms with Crippen molar-refractivity contribution >= 4 is 11.7 Å². The molecule has 1 unspecified atom stereocenters. The zero-order chi connectivity index (χ0) is 16.2. The minimum atomic E-state index is -0.909. The Labute approximate surface area is 124 Å². The first-order chi connectivity index (χ1) is 9.66. The van der Waals surface area contributed by atoms with Crippen molar-refractivity contribution in [1.29, 1.82) is 0 Å². The average molecular weight is 294 g/mol. The number of non-ortho nitro benzene ring substituents is 1. The first-order valence-electron chi connectivity index (χ1n) is 6.89. The van der Waals surface area contributed by atoms with Crippen LogP contribution in [-0.2, 0) is 4.79 Å². The molecule has 0 bridgehead atoms. The lowest BCUT2D eigenvalue weighted by Crippen LogP contribution is -2.46. The molecule has 0 heterocycles. The molecule has 1 N–H and O–H groups in total. The second kappa shape index (κ2) is 6.67. The Morgan fingerprint density at radius 2 is 2.05 bits per heavy atom. The van der Waals surface area contributed by atoms with Gasteiger partial charge in [-0.1, -0.05) is 19.1 Å². The Morgan fingerprint density at radius 3 is 2.48 bits per heavy atom. The van der Waals surface area contributed by atoms with E-state index in [-0.39, 0.29) is 23.8 Å². The van der Waals surface area contributed by atoms with Crippen molar-refractivity contribution in [3.05, 3.63) is 39.9 Å². The predicted octanol–water partition coefficient (Wildman–Crippen LogP) is 3.23. The zero-order valence-electron chi connectivity index (χ0n) is 12.9. The number of benzene rings is 1. The molecule has 0 aliphatic heterocycles. The van der Waals surface area contributed by atoms with Crippen LogP contribution in [0.2, 0.25) is 0 Å². The van der Waals surface area contributed by atoms with Gasteiger partial charge < -0.3 is 5.11 Å². The fourth-order valence-electron chi connectivity index (χ4n) is 2.44. The number of hydrogen-bond acceptors (Lipinski definition) is 4. The van der Waals surface area contributed by atoms with Gasteiger partial charge in [-0.2, -0.15) is 0 Å². The molecule has 116 valence electrons. The summed E-state index contributed by atoms with van der Waals surface area (Å²) in [4.78, 5) is 23.5. The molecule has 1 rings (SSSR count). The third kappa shape index (κ3) is 4.53. The van der Waals surface area contributed by atoms with Crippen molar-refractivity contribution < 1.29 is 14.8 Å². The number of rotatable bonds is 6. The standard InChI is InChI=1S/C15H22N2O4/c1-5-13(16(10-14(18)19)15(2,3)4)11-7-6-8-12(9-11)17(20)21/h6-9,13H,5,10H2,1-4H3,(H,18,19). The summed E-state index contributed by atoms with van der Waals surface area (Å²) in [5, 5.41) is 20.0. The number of carbonyl (C=O) groups is 1. The lowest BCUT2D eigenvalue weighted by atomic mass is 9.95. The summed E-state index contributed by atoms with van der Waals surface area (Å²) in [6, 6.07) is 6.23. The van der Waals surface area contributed by atoms with E-state index in [9.17, 15) is 14.9 Å². The van der Waals surface area contributed by atoms with Crippen molar-refractivity contribution in [3.63, 3.8) is 0 Å². The zero-order valence-corrected chi connectivity index (χ0v) is 12.9. The summed E-state index contributed by atoms with van der Waals surface area (Å²) in [5.41, 5.74) is 0.432. The van der Waals surface area contributed by atoms with Crippen molar-refractivity contribution in [2.24, 2.45) is 0 Å². The highest BCUT2D eigenvalue weighted by molar-refractivity contribution is 5.69. The molecular formula is C15H22N2O4. The monoisotopic (exact) mass is 294 g/mol. The normalized spacial score (nSPS) is 13.2. The van der Waals surface area contributed by atoms with Gasteiger partial charge in [0.05, 0.1) is 11.5 Å². The van der Waals surface area contributed by atoms with Gasteiger partial charge in [0.2, 0.25) is 0 Å². The van der Waals surface area contributed by atoms with E-state index in [1.165, 1.54) is 12.1 Å². The average Bonchev–Trinajstić information content (AvgIpc) is 2.37. The molecule has 1 aromatic rings. The molecule has 6 nitrogen and oxygen atoms in total. The number of nitro groups is 1. The Kier molecular flexibility index (Phi) is 5.43. The number of carboxylic acids is 1. The van der Waals surface area contributed by atoms with Crippen molar-refractivity contribution in [2.45, 2.75) is 45.7 Å². The lowest BCUT2D eigenvalue weighted by molar-refractivity contribution is -0.385. The quantitative estimate of drug-likeness (QED) is 0.643. The van der Waals surface area contributed by atoms with E-state index in [2.05, 4.69) is 0 Å².